The molecule has 0 atom stereocenters. The lowest BCUT2D eigenvalue weighted by Crippen LogP contribution is -2.20. The highest BCUT2D eigenvalue weighted by Crippen LogP contribution is 2.29. The first kappa shape index (κ1) is 19.1. The molecule has 0 radical (unpaired) electrons. The maximum Gasteiger partial charge on any atom is 0.337 e. The molecule has 2 N–H and O–H groups in total. The van der Waals surface area contributed by atoms with E-state index in [9.17, 15) is 14.9 Å². The number of benzene rings is 2. The number of carbonyl (C=O) groups is 1. The molecular formula is C17H17N3O5S. The Morgan fingerprint density at radius 3 is 2.42 bits per heavy atom. The van der Waals surface area contributed by atoms with Gasteiger partial charge in [0.05, 0.1) is 36.5 Å². The fraction of sp³-hybridized carbons (Fsp3) is 0.176. The van der Waals surface area contributed by atoms with Crippen LogP contribution in [0.3, 0.4) is 0 Å². The van der Waals surface area contributed by atoms with Crippen LogP contribution in [-0.4, -0.2) is 30.2 Å². The molecule has 8 nitrogen and oxygen atoms in total. The maximum atomic E-state index is 11.7. The van der Waals surface area contributed by atoms with Gasteiger partial charge in [-0.25, -0.2) is 4.79 Å². The van der Waals surface area contributed by atoms with E-state index in [-0.39, 0.29) is 16.5 Å². The molecule has 0 amide bonds. The van der Waals surface area contributed by atoms with Crippen LogP contribution >= 0.6 is 12.2 Å². The number of nitro groups is 1. The number of anilines is 2. The first-order valence-corrected chi connectivity index (χ1v) is 7.86. The zero-order valence-corrected chi connectivity index (χ0v) is 15.2. The van der Waals surface area contributed by atoms with Gasteiger partial charge in [-0.05, 0) is 42.9 Å². The molecule has 0 aromatic heterocycles. The van der Waals surface area contributed by atoms with Crippen LogP contribution in [0.25, 0.3) is 0 Å². The second-order valence-corrected chi connectivity index (χ2v) is 5.65. The molecule has 0 unspecified atom stereocenters. The fourth-order valence-corrected chi connectivity index (χ4v) is 2.39. The molecule has 2 aromatic carbocycles. The number of methoxy groups -OCH3 is 2. The number of non-ortho nitro benzene ring substituents is 1. The van der Waals surface area contributed by atoms with Crippen molar-refractivity contribution < 1.29 is 19.2 Å². The summed E-state index contributed by atoms with van der Waals surface area (Å²) in [7, 11) is 2.72. The van der Waals surface area contributed by atoms with E-state index >= 15 is 0 Å². The normalized spacial score (nSPS) is 9.96. The molecule has 0 bridgehead atoms. The quantitative estimate of drug-likeness (QED) is 0.354. The molecule has 0 aliphatic carbocycles. The van der Waals surface area contributed by atoms with Crippen molar-refractivity contribution in [2.75, 3.05) is 24.9 Å². The van der Waals surface area contributed by atoms with E-state index < -0.39 is 10.9 Å². The van der Waals surface area contributed by atoms with Crippen molar-refractivity contribution in [3.05, 3.63) is 57.6 Å². The number of ether oxygens (including phenoxy) is 2. The lowest BCUT2D eigenvalue weighted by atomic mass is 10.1. The Labute approximate surface area is 155 Å². The number of nitro benzene ring substituents is 1. The Balaban J connectivity index is 2.19. The van der Waals surface area contributed by atoms with Crippen molar-refractivity contribution in [1.29, 1.82) is 0 Å². The van der Waals surface area contributed by atoms with Crippen LogP contribution in [0.2, 0.25) is 0 Å². The highest BCUT2D eigenvalue weighted by molar-refractivity contribution is 7.80. The predicted octanol–water partition coefficient (Wildman–Crippen LogP) is 3.51. The third-order valence-corrected chi connectivity index (χ3v) is 3.76. The summed E-state index contributed by atoms with van der Waals surface area (Å²) >= 11 is 5.28. The number of rotatable bonds is 5. The molecule has 2 rings (SSSR count). The van der Waals surface area contributed by atoms with Crippen molar-refractivity contribution in [2.24, 2.45) is 0 Å². The summed E-state index contributed by atoms with van der Waals surface area (Å²) in [6.07, 6.45) is 0. The Morgan fingerprint density at radius 2 is 1.81 bits per heavy atom. The Hall–Kier alpha value is -3.20. The smallest absolute Gasteiger partial charge is 0.337 e. The third kappa shape index (κ3) is 4.45. The van der Waals surface area contributed by atoms with Crippen molar-refractivity contribution in [1.82, 2.24) is 0 Å². The molecule has 136 valence electrons. The Kier molecular flexibility index (Phi) is 6.07. The van der Waals surface area contributed by atoms with Crippen molar-refractivity contribution >= 4 is 40.4 Å². The second kappa shape index (κ2) is 8.26. The molecule has 0 saturated heterocycles. The molecule has 2 aromatic rings. The van der Waals surface area contributed by atoms with E-state index in [1.165, 1.54) is 32.4 Å². The summed E-state index contributed by atoms with van der Waals surface area (Å²) in [6.45, 7) is 1.86. The van der Waals surface area contributed by atoms with E-state index in [0.717, 1.165) is 5.56 Å². The summed E-state index contributed by atoms with van der Waals surface area (Å²) in [6, 6.07) is 9.20. The van der Waals surface area contributed by atoms with Gasteiger partial charge < -0.3 is 20.1 Å². The van der Waals surface area contributed by atoms with Crippen LogP contribution in [-0.2, 0) is 4.74 Å². The van der Waals surface area contributed by atoms with Gasteiger partial charge in [-0.2, -0.15) is 0 Å². The van der Waals surface area contributed by atoms with Gasteiger partial charge in [0.25, 0.3) is 5.69 Å². The average molecular weight is 375 g/mol. The number of carbonyl (C=O) groups excluding carboxylic acids is 1. The number of hydrogen-bond donors (Lipinski definition) is 2. The molecule has 0 saturated carbocycles. The van der Waals surface area contributed by atoms with Gasteiger partial charge in [-0.1, -0.05) is 6.07 Å². The average Bonchev–Trinajstić information content (AvgIpc) is 2.62. The van der Waals surface area contributed by atoms with E-state index in [1.54, 1.807) is 18.2 Å². The van der Waals surface area contributed by atoms with Crippen molar-refractivity contribution in [3.8, 4) is 5.75 Å². The summed E-state index contributed by atoms with van der Waals surface area (Å²) < 4.78 is 9.87. The minimum atomic E-state index is -0.509. The predicted molar refractivity (Wildman–Crippen MR) is 102 cm³/mol. The van der Waals surface area contributed by atoms with E-state index in [0.29, 0.717) is 16.9 Å². The van der Waals surface area contributed by atoms with Gasteiger partial charge >= 0.3 is 5.97 Å². The number of thiocarbonyl (C=S) groups is 1. The highest BCUT2D eigenvalue weighted by atomic mass is 32.1. The summed E-state index contributed by atoms with van der Waals surface area (Å²) in [5, 5.41) is 17.0. The van der Waals surface area contributed by atoms with Gasteiger partial charge in [0.15, 0.2) is 5.11 Å². The summed E-state index contributed by atoms with van der Waals surface area (Å²) in [5.74, 6) is -0.174. The van der Waals surface area contributed by atoms with Crippen molar-refractivity contribution in [3.63, 3.8) is 0 Å². The molecule has 0 aliphatic heterocycles. The molecule has 0 aliphatic rings. The van der Waals surface area contributed by atoms with Crippen LogP contribution in [0.15, 0.2) is 36.4 Å². The molecule has 0 heterocycles. The molecule has 0 spiro atoms. The van der Waals surface area contributed by atoms with E-state index in [4.69, 9.17) is 21.7 Å². The topological polar surface area (TPSA) is 103 Å². The minimum Gasteiger partial charge on any atom is -0.494 e. The van der Waals surface area contributed by atoms with E-state index in [1.807, 2.05) is 6.92 Å². The summed E-state index contributed by atoms with van der Waals surface area (Å²) in [4.78, 5) is 22.0. The first-order valence-electron chi connectivity index (χ1n) is 7.45. The molecular weight excluding hydrogens is 358 g/mol. The Bertz CT molecular complexity index is 869. The van der Waals surface area contributed by atoms with Crippen LogP contribution in [0.4, 0.5) is 17.1 Å². The molecule has 9 heteroatoms. The lowest BCUT2D eigenvalue weighted by Gasteiger charge is -2.15. The molecule has 0 fully saturated rings. The van der Waals surface area contributed by atoms with Gasteiger partial charge in [0.1, 0.15) is 5.75 Å². The zero-order valence-electron chi connectivity index (χ0n) is 14.4. The van der Waals surface area contributed by atoms with Crippen molar-refractivity contribution in [2.45, 2.75) is 6.92 Å². The van der Waals surface area contributed by atoms with Gasteiger partial charge in [0.2, 0.25) is 0 Å². The minimum absolute atomic E-state index is 0.0899. The van der Waals surface area contributed by atoms with Crippen LogP contribution in [0, 0.1) is 17.0 Å². The number of hydrogen-bond acceptors (Lipinski definition) is 6. The van der Waals surface area contributed by atoms with Crippen LogP contribution < -0.4 is 15.4 Å². The van der Waals surface area contributed by atoms with Gasteiger partial charge in [-0.15, -0.1) is 0 Å². The highest BCUT2D eigenvalue weighted by Gasteiger charge is 2.13. The van der Waals surface area contributed by atoms with E-state index in [2.05, 4.69) is 10.6 Å². The Morgan fingerprint density at radius 1 is 1.12 bits per heavy atom. The third-order valence-electron chi connectivity index (χ3n) is 3.55. The van der Waals surface area contributed by atoms with Crippen LogP contribution in [0.5, 0.6) is 5.75 Å². The second-order valence-electron chi connectivity index (χ2n) is 5.24. The lowest BCUT2D eigenvalue weighted by molar-refractivity contribution is -0.384. The van der Waals surface area contributed by atoms with Gasteiger partial charge in [0, 0.05) is 11.8 Å². The standard InChI is InChI=1S/C17H17N3O5S/c1-10-4-5-11(16(21)25-3)8-14(10)19-17(26)18-13-7-6-12(20(22)23)9-15(13)24-2/h4-9H,1-3H3,(H2,18,19,26). The van der Waals surface area contributed by atoms with Gasteiger partial charge in [-0.3, -0.25) is 10.1 Å². The number of aryl methyl sites for hydroxylation is 1. The van der Waals surface area contributed by atoms with Crippen LogP contribution in [0.1, 0.15) is 15.9 Å². The first-order chi connectivity index (χ1) is 12.3. The fourth-order valence-electron chi connectivity index (χ4n) is 2.17. The number of nitrogens with zero attached hydrogens (tertiary/aromatic N) is 1. The molecule has 26 heavy (non-hydrogen) atoms. The largest absolute Gasteiger partial charge is 0.494 e. The maximum absolute atomic E-state index is 11.7. The SMILES string of the molecule is COC(=O)c1ccc(C)c(NC(=S)Nc2ccc([N+](=O)[O-])cc2OC)c1. The summed E-state index contributed by atoms with van der Waals surface area (Å²) in [5.41, 5.74) is 2.27. The zero-order chi connectivity index (χ0) is 19.3. The number of nitrogens with one attached hydrogen (secondary N) is 2. The monoisotopic (exact) mass is 375 g/mol. The number of esters is 1.